The number of halogens is 3. The van der Waals surface area contributed by atoms with Crippen LogP contribution in [0.3, 0.4) is 0 Å². The number of hydrogen-bond donors (Lipinski definition) is 4. The monoisotopic (exact) mass is 457 g/mol. The predicted octanol–water partition coefficient (Wildman–Crippen LogP) is 1.47. The first-order chi connectivity index (χ1) is 11.8. The summed E-state index contributed by atoms with van der Waals surface area (Å²) in [6.07, 6.45) is 4.19. The number of aromatic nitrogens is 1. The van der Waals surface area contributed by atoms with Gasteiger partial charge in [-0.1, -0.05) is 19.9 Å². The molecule has 3 atom stereocenters. The Morgan fingerprint density at radius 3 is 2.29 bits per heavy atom. The lowest BCUT2D eigenvalue weighted by Gasteiger charge is -2.24. The van der Waals surface area contributed by atoms with E-state index in [1.54, 1.807) is 19.3 Å². The van der Waals surface area contributed by atoms with Crippen LogP contribution in [0.25, 0.3) is 0 Å². The second kappa shape index (κ2) is 16.8. The fourth-order valence-corrected chi connectivity index (χ4v) is 2.41. The lowest BCUT2D eigenvalue weighted by molar-refractivity contribution is -0.130. The highest BCUT2D eigenvalue weighted by atomic mass is 35.5. The average molecular weight is 459 g/mol. The third-order valence-corrected chi connectivity index (χ3v) is 3.90. The van der Waals surface area contributed by atoms with E-state index in [1.165, 1.54) is 0 Å². The molecule has 164 valence electrons. The van der Waals surface area contributed by atoms with Crippen LogP contribution in [0.2, 0.25) is 0 Å². The number of amides is 2. The van der Waals surface area contributed by atoms with E-state index in [4.69, 9.17) is 5.73 Å². The summed E-state index contributed by atoms with van der Waals surface area (Å²) in [5.74, 6) is -0.361. The van der Waals surface area contributed by atoms with Gasteiger partial charge in [0.05, 0.1) is 6.04 Å². The predicted molar refractivity (Wildman–Crippen MR) is 121 cm³/mol. The third-order valence-electron chi connectivity index (χ3n) is 3.90. The van der Waals surface area contributed by atoms with Crippen LogP contribution < -0.4 is 21.7 Å². The molecule has 28 heavy (non-hydrogen) atoms. The normalized spacial score (nSPS) is 13.1. The Bertz CT molecular complexity index is 549. The van der Waals surface area contributed by atoms with E-state index in [0.717, 1.165) is 5.56 Å². The van der Waals surface area contributed by atoms with Crippen LogP contribution in [0.1, 0.15) is 33.3 Å². The molecule has 1 aromatic heterocycles. The molecule has 0 spiro atoms. The van der Waals surface area contributed by atoms with E-state index in [9.17, 15) is 9.59 Å². The summed E-state index contributed by atoms with van der Waals surface area (Å²) < 4.78 is 0. The highest BCUT2D eigenvalue weighted by Crippen LogP contribution is 2.03. The van der Waals surface area contributed by atoms with Crippen molar-refractivity contribution >= 4 is 49.0 Å². The molecular formula is C18H34Cl3N5O2. The topological polar surface area (TPSA) is 109 Å². The third kappa shape index (κ3) is 11.7. The maximum Gasteiger partial charge on any atom is 0.242 e. The van der Waals surface area contributed by atoms with Crippen molar-refractivity contribution in [2.45, 2.75) is 52.2 Å². The van der Waals surface area contributed by atoms with E-state index >= 15 is 0 Å². The van der Waals surface area contributed by atoms with Gasteiger partial charge in [-0.2, -0.15) is 0 Å². The summed E-state index contributed by atoms with van der Waals surface area (Å²) in [6.45, 7) is 8.46. The molecule has 0 saturated carbocycles. The highest BCUT2D eigenvalue weighted by molar-refractivity contribution is 5.89. The summed E-state index contributed by atoms with van der Waals surface area (Å²) in [5.41, 5.74) is 7.17. The van der Waals surface area contributed by atoms with E-state index in [2.05, 4.69) is 20.9 Å². The Hall–Kier alpha value is -1.12. The van der Waals surface area contributed by atoms with Gasteiger partial charge in [-0.05, 0) is 37.8 Å². The molecule has 0 bridgehead atoms. The van der Waals surface area contributed by atoms with Gasteiger partial charge in [0.2, 0.25) is 11.8 Å². The van der Waals surface area contributed by atoms with Crippen LogP contribution in [-0.2, 0) is 16.0 Å². The van der Waals surface area contributed by atoms with Crippen LogP contribution in [0.5, 0.6) is 0 Å². The first-order valence-electron chi connectivity index (χ1n) is 8.81. The Kier molecular flexibility index (Phi) is 18.9. The number of hydrogen-bond acceptors (Lipinski definition) is 5. The second-order valence-corrected chi connectivity index (χ2v) is 6.58. The van der Waals surface area contributed by atoms with E-state index in [-0.39, 0.29) is 61.0 Å². The fourth-order valence-electron chi connectivity index (χ4n) is 2.41. The van der Waals surface area contributed by atoms with Crippen LogP contribution in [0.4, 0.5) is 0 Å². The van der Waals surface area contributed by atoms with Crippen LogP contribution in [0, 0.1) is 5.92 Å². The molecule has 0 fully saturated rings. The van der Waals surface area contributed by atoms with Crippen molar-refractivity contribution in [2.24, 2.45) is 11.7 Å². The number of carbonyl (C=O) groups is 2. The zero-order valence-electron chi connectivity index (χ0n) is 16.8. The van der Waals surface area contributed by atoms with Gasteiger partial charge in [0.25, 0.3) is 0 Å². The molecule has 10 heteroatoms. The lowest BCUT2D eigenvalue weighted by Crippen LogP contribution is -2.55. The van der Waals surface area contributed by atoms with E-state index in [1.807, 2.05) is 32.9 Å². The highest BCUT2D eigenvalue weighted by Gasteiger charge is 2.25. The molecule has 5 N–H and O–H groups in total. The average Bonchev–Trinajstić information content (AvgIpc) is 2.58. The largest absolute Gasteiger partial charge is 0.355 e. The summed E-state index contributed by atoms with van der Waals surface area (Å²) >= 11 is 0. The molecule has 2 amide bonds. The Labute approximate surface area is 186 Å². The molecule has 0 aliphatic carbocycles. The number of rotatable bonds is 10. The molecule has 0 unspecified atom stereocenters. The van der Waals surface area contributed by atoms with Gasteiger partial charge in [0.15, 0.2) is 0 Å². The van der Waals surface area contributed by atoms with Gasteiger partial charge < -0.3 is 21.7 Å². The molecule has 0 aromatic carbocycles. The van der Waals surface area contributed by atoms with Gasteiger partial charge in [-0.25, -0.2) is 0 Å². The molecule has 7 nitrogen and oxygen atoms in total. The standard InChI is InChI=1S/C18H31N5O2.3ClH/c1-5-21-18(25)16(12(2)3)23-17(24)13(4)22-11-15(19)9-14-7-6-8-20-10-14;;;/h6-8,10,12-13,15-16,22H,5,9,11,19H2,1-4H3,(H,21,25)(H,23,24);3*1H/t13-,15-,16-;;;/m0.../s1. The van der Waals surface area contributed by atoms with Crippen molar-refractivity contribution in [1.82, 2.24) is 20.9 Å². The number of nitrogens with two attached hydrogens (primary N) is 1. The molecular weight excluding hydrogens is 425 g/mol. The zero-order chi connectivity index (χ0) is 18.8. The van der Waals surface area contributed by atoms with Gasteiger partial charge in [-0.3, -0.25) is 14.6 Å². The molecule has 0 aliphatic rings. The molecule has 0 radical (unpaired) electrons. The lowest BCUT2D eigenvalue weighted by atomic mass is 10.0. The summed E-state index contributed by atoms with van der Waals surface area (Å²) in [4.78, 5) is 28.4. The van der Waals surface area contributed by atoms with E-state index < -0.39 is 12.1 Å². The molecule has 1 heterocycles. The molecule has 0 saturated heterocycles. The number of pyridine rings is 1. The van der Waals surface area contributed by atoms with Crippen molar-refractivity contribution in [3.63, 3.8) is 0 Å². The van der Waals surface area contributed by atoms with Gasteiger partial charge in [0.1, 0.15) is 6.04 Å². The Balaban J connectivity index is -0.00000208. The van der Waals surface area contributed by atoms with E-state index in [0.29, 0.717) is 19.5 Å². The summed E-state index contributed by atoms with van der Waals surface area (Å²) in [5, 5.41) is 8.69. The fraction of sp³-hybridized carbons (Fsp3) is 0.611. The second-order valence-electron chi connectivity index (χ2n) is 6.58. The minimum atomic E-state index is -0.541. The first kappa shape index (κ1) is 31.6. The van der Waals surface area contributed by atoms with Crippen molar-refractivity contribution in [3.05, 3.63) is 30.1 Å². The minimum Gasteiger partial charge on any atom is -0.355 e. The number of nitrogens with one attached hydrogen (secondary N) is 3. The van der Waals surface area contributed by atoms with Crippen molar-refractivity contribution in [3.8, 4) is 0 Å². The summed E-state index contributed by atoms with van der Waals surface area (Å²) in [7, 11) is 0. The van der Waals surface area contributed by atoms with Gasteiger partial charge in [0, 0.05) is 31.5 Å². The van der Waals surface area contributed by atoms with Crippen LogP contribution in [-0.4, -0.2) is 48.0 Å². The maximum absolute atomic E-state index is 12.3. The molecule has 1 aromatic rings. The smallest absolute Gasteiger partial charge is 0.242 e. The molecule has 1 rings (SSSR count). The van der Waals surface area contributed by atoms with Crippen LogP contribution in [0.15, 0.2) is 24.5 Å². The SMILES string of the molecule is CCNC(=O)[C@@H](NC(=O)[C@H](C)NC[C@@H](N)Cc1cccnc1)C(C)C.Cl.Cl.Cl. The zero-order valence-corrected chi connectivity index (χ0v) is 19.3. The van der Waals surface area contributed by atoms with Gasteiger partial charge >= 0.3 is 0 Å². The minimum absolute atomic E-state index is 0. The maximum atomic E-state index is 12.3. The van der Waals surface area contributed by atoms with Crippen molar-refractivity contribution < 1.29 is 9.59 Å². The number of carbonyl (C=O) groups excluding carboxylic acids is 2. The Morgan fingerprint density at radius 1 is 1.14 bits per heavy atom. The summed E-state index contributed by atoms with van der Waals surface area (Å²) in [6, 6.07) is 2.75. The number of likely N-dealkylation sites (N-methyl/N-ethyl adjacent to an activating group) is 1. The number of nitrogens with zero attached hydrogens (tertiary/aromatic N) is 1. The van der Waals surface area contributed by atoms with Crippen molar-refractivity contribution in [1.29, 1.82) is 0 Å². The first-order valence-corrected chi connectivity index (χ1v) is 8.81. The Morgan fingerprint density at radius 2 is 1.79 bits per heavy atom. The van der Waals surface area contributed by atoms with Crippen LogP contribution >= 0.6 is 37.2 Å². The van der Waals surface area contributed by atoms with Gasteiger partial charge in [-0.15, -0.1) is 37.2 Å². The quantitative estimate of drug-likeness (QED) is 0.424. The van der Waals surface area contributed by atoms with Crippen molar-refractivity contribution in [2.75, 3.05) is 13.1 Å². The molecule has 0 aliphatic heterocycles.